The van der Waals surface area contributed by atoms with E-state index in [2.05, 4.69) is 5.32 Å². The van der Waals surface area contributed by atoms with Gasteiger partial charge in [0.05, 0.1) is 5.69 Å². The van der Waals surface area contributed by atoms with Crippen LogP contribution in [0.25, 0.3) is 0 Å². The summed E-state index contributed by atoms with van der Waals surface area (Å²) in [5, 5.41) is 2.71. The van der Waals surface area contributed by atoms with Gasteiger partial charge in [0.15, 0.2) is 0 Å². The summed E-state index contributed by atoms with van der Waals surface area (Å²) >= 11 is 0. The Kier molecular flexibility index (Phi) is 2.19. The Morgan fingerprint density at radius 2 is 2.07 bits per heavy atom. The Bertz CT molecular complexity index is 434. The molecule has 15 heavy (non-hydrogen) atoms. The van der Waals surface area contributed by atoms with E-state index in [0.29, 0.717) is 0 Å². The van der Waals surface area contributed by atoms with Crippen LogP contribution in [0.1, 0.15) is 11.6 Å². The minimum absolute atomic E-state index is 0.214. The summed E-state index contributed by atoms with van der Waals surface area (Å²) in [5.41, 5.74) is 0.503. The van der Waals surface area contributed by atoms with E-state index in [9.17, 15) is 13.6 Å². The van der Waals surface area contributed by atoms with Crippen molar-refractivity contribution in [1.29, 1.82) is 0 Å². The molecule has 80 valence electrons. The fourth-order valence-electron chi connectivity index (χ4n) is 1.84. The molecule has 5 heteroatoms. The molecule has 1 aliphatic rings. The van der Waals surface area contributed by atoms with Crippen molar-refractivity contribution in [2.45, 2.75) is 6.04 Å². The summed E-state index contributed by atoms with van der Waals surface area (Å²) in [5.74, 6) is -1.65. The number of carbonyl (C=O) groups is 1. The first-order valence-corrected chi connectivity index (χ1v) is 4.50. The number of hydrogen-bond acceptors (Lipinski definition) is 2. The van der Waals surface area contributed by atoms with Gasteiger partial charge in [0.1, 0.15) is 17.7 Å². The fraction of sp³-hybridized carbons (Fsp3) is 0.300. The Hall–Kier alpha value is -1.49. The van der Waals surface area contributed by atoms with Gasteiger partial charge >= 0.3 is 0 Å². The molecule has 2 rings (SSSR count). The maximum Gasteiger partial charge on any atom is 0.248 e. The molecule has 0 radical (unpaired) electrons. The van der Waals surface area contributed by atoms with E-state index in [4.69, 9.17) is 0 Å². The molecule has 0 aromatic heterocycles. The van der Waals surface area contributed by atoms with Crippen LogP contribution in [0.5, 0.6) is 0 Å². The lowest BCUT2D eigenvalue weighted by atomic mass is 10.1. The highest BCUT2D eigenvalue weighted by Crippen LogP contribution is 2.36. The zero-order chi connectivity index (χ0) is 11.2. The molecule has 1 unspecified atom stereocenters. The minimum Gasteiger partial charge on any atom is -0.313 e. The number of carbonyl (C=O) groups excluding carboxylic acids is 1. The summed E-state index contributed by atoms with van der Waals surface area (Å²) in [7, 11) is 3.06. The summed E-state index contributed by atoms with van der Waals surface area (Å²) in [6.07, 6.45) is 0. The first-order valence-electron chi connectivity index (χ1n) is 4.50. The maximum atomic E-state index is 13.5. The first-order chi connectivity index (χ1) is 7.06. The predicted molar refractivity (Wildman–Crippen MR) is 51.6 cm³/mol. The van der Waals surface area contributed by atoms with Crippen molar-refractivity contribution in [3.63, 3.8) is 0 Å². The molecule has 0 fully saturated rings. The van der Waals surface area contributed by atoms with Crippen LogP contribution >= 0.6 is 0 Å². The molecule has 1 amide bonds. The molecule has 1 aromatic rings. The third kappa shape index (κ3) is 1.31. The third-order valence-corrected chi connectivity index (χ3v) is 2.59. The van der Waals surface area contributed by atoms with E-state index in [1.54, 1.807) is 7.05 Å². The number of benzene rings is 1. The van der Waals surface area contributed by atoms with Gasteiger partial charge in [-0.3, -0.25) is 4.79 Å². The highest BCUT2D eigenvalue weighted by atomic mass is 19.1. The summed E-state index contributed by atoms with van der Waals surface area (Å²) in [4.78, 5) is 12.9. The first kappa shape index (κ1) is 10.0. The van der Waals surface area contributed by atoms with Crippen LogP contribution in [0.4, 0.5) is 14.5 Å². The second-order valence-electron chi connectivity index (χ2n) is 3.44. The topological polar surface area (TPSA) is 32.3 Å². The minimum atomic E-state index is -0.717. The van der Waals surface area contributed by atoms with Crippen LogP contribution in [0.2, 0.25) is 0 Å². The predicted octanol–water partition coefficient (Wildman–Crippen LogP) is 1.20. The Morgan fingerprint density at radius 3 is 2.67 bits per heavy atom. The molecule has 0 spiro atoms. The van der Waals surface area contributed by atoms with Gasteiger partial charge in [-0.1, -0.05) is 0 Å². The van der Waals surface area contributed by atoms with Gasteiger partial charge < -0.3 is 10.2 Å². The van der Waals surface area contributed by atoms with E-state index in [0.717, 1.165) is 12.1 Å². The van der Waals surface area contributed by atoms with Crippen molar-refractivity contribution in [2.75, 3.05) is 19.0 Å². The van der Waals surface area contributed by atoms with Crippen LogP contribution in [-0.2, 0) is 4.79 Å². The molecular formula is C10H10F2N2O. The van der Waals surface area contributed by atoms with Crippen LogP contribution in [-0.4, -0.2) is 20.0 Å². The molecule has 0 saturated carbocycles. The van der Waals surface area contributed by atoms with E-state index in [1.165, 1.54) is 11.9 Å². The molecule has 3 nitrogen and oxygen atoms in total. The second kappa shape index (κ2) is 3.27. The standard InChI is InChI=1S/C10H10F2N2O/c1-13-9-8-6(12)3-5(11)4-7(8)14(2)10(9)15/h3-4,9,13H,1-2H3. The number of anilines is 1. The zero-order valence-corrected chi connectivity index (χ0v) is 8.34. The number of rotatable bonds is 1. The Balaban J connectivity index is 2.65. The van der Waals surface area contributed by atoms with E-state index in [-0.39, 0.29) is 17.2 Å². The highest BCUT2D eigenvalue weighted by Gasteiger charge is 2.37. The lowest BCUT2D eigenvalue weighted by Gasteiger charge is -2.09. The molecule has 1 aliphatic heterocycles. The van der Waals surface area contributed by atoms with Gasteiger partial charge in [-0.05, 0) is 13.1 Å². The summed E-state index contributed by atoms with van der Waals surface area (Å²) in [6, 6.07) is 1.23. The van der Waals surface area contributed by atoms with Gasteiger partial charge in [-0.15, -0.1) is 0 Å². The lowest BCUT2D eigenvalue weighted by molar-refractivity contribution is -0.119. The Labute approximate surface area is 85.7 Å². The van der Waals surface area contributed by atoms with Crippen molar-refractivity contribution >= 4 is 11.6 Å². The lowest BCUT2D eigenvalue weighted by Crippen LogP contribution is -2.30. The quantitative estimate of drug-likeness (QED) is 0.758. The van der Waals surface area contributed by atoms with E-state index in [1.807, 2.05) is 0 Å². The van der Waals surface area contributed by atoms with Gasteiger partial charge in [0, 0.05) is 18.7 Å². The van der Waals surface area contributed by atoms with Crippen LogP contribution in [0, 0.1) is 11.6 Å². The van der Waals surface area contributed by atoms with Crippen molar-refractivity contribution < 1.29 is 13.6 Å². The molecular weight excluding hydrogens is 202 g/mol. The van der Waals surface area contributed by atoms with Crippen molar-refractivity contribution in [3.8, 4) is 0 Å². The van der Waals surface area contributed by atoms with Crippen molar-refractivity contribution in [1.82, 2.24) is 5.32 Å². The number of hydrogen-bond donors (Lipinski definition) is 1. The maximum absolute atomic E-state index is 13.5. The molecule has 1 N–H and O–H groups in total. The average Bonchev–Trinajstić information content (AvgIpc) is 2.42. The van der Waals surface area contributed by atoms with E-state index < -0.39 is 17.7 Å². The number of amides is 1. The number of nitrogens with zero attached hydrogens (tertiary/aromatic N) is 1. The van der Waals surface area contributed by atoms with Gasteiger partial charge in [0.2, 0.25) is 5.91 Å². The smallest absolute Gasteiger partial charge is 0.248 e. The van der Waals surface area contributed by atoms with Crippen molar-refractivity contribution in [3.05, 3.63) is 29.3 Å². The molecule has 1 atom stereocenters. The van der Waals surface area contributed by atoms with E-state index >= 15 is 0 Å². The van der Waals surface area contributed by atoms with Crippen LogP contribution < -0.4 is 10.2 Å². The van der Waals surface area contributed by atoms with Crippen molar-refractivity contribution in [2.24, 2.45) is 0 Å². The molecule has 0 saturated heterocycles. The summed E-state index contributed by atoms with van der Waals surface area (Å²) in [6.45, 7) is 0. The van der Waals surface area contributed by atoms with Gasteiger partial charge in [-0.25, -0.2) is 8.78 Å². The van der Waals surface area contributed by atoms with Crippen LogP contribution in [0.15, 0.2) is 12.1 Å². The normalized spacial score (nSPS) is 19.6. The number of likely N-dealkylation sites (N-methyl/N-ethyl adjacent to an activating group) is 2. The highest BCUT2D eigenvalue weighted by molar-refractivity contribution is 6.04. The molecule has 0 aliphatic carbocycles. The molecule has 0 bridgehead atoms. The summed E-state index contributed by atoms with van der Waals surface area (Å²) < 4.78 is 26.4. The molecule has 1 heterocycles. The second-order valence-corrected chi connectivity index (χ2v) is 3.44. The number of halogens is 2. The largest absolute Gasteiger partial charge is 0.313 e. The van der Waals surface area contributed by atoms with Gasteiger partial charge in [0.25, 0.3) is 0 Å². The SMILES string of the molecule is CNC1C(=O)N(C)c2cc(F)cc(F)c21. The number of fused-ring (bicyclic) bond motifs is 1. The third-order valence-electron chi connectivity index (χ3n) is 2.59. The monoisotopic (exact) mass is 212 g/mol. The molecule has 1 aromatic carbocycles. The zero-order valence-electron chi connectivity index (χ0n) is 8.34. The van der Waals surface area contributed by atoms with Gasteiger partial charge in [-0.2, -0.15) is 0 Å². The Morgan fingerprint density at radius 1 is 1.40 bits per heavy atom. The van der Waals surface area contributed by atoms with Crippen LogP contribution in [0.3, 0.4) is 0 Å². The fourth-order valence-corrected chi connectivity index (χ4v) is 1.84. The average molecular weight is 212 g/mol. The number of nitrogens with one attached hydrogen (secondary N) is 1.